The van der Waals surface area contributed by atoms with Crippen LogP contribution < -0.4 is 10.5 Å². The standard InChI is InChI=1S/C16H18ClNO/c1-11(2)13-5-3-12(4-6-13)10-19-16-9-14(17)7-8-15(16)18/h3-9,11H,10,18H2,1-2H3. The van der Waals surface area contributed by atoms with Crippen molar-refractivity contribution in [1.29, 1.82) is 0 Å². The van der Waals surface area contributed by atoms with E-state index in [-0.39, 0.29) is 0 Å². The van der Waals surface area contributed by atoms with Gasteiger partial charge in [-0.2, -0.15) is 0 Å². The van der Waals surface area contributed by atoms with Crippen LogP contribution in [0.25, 0.3) is 0 Å². The van der Waals surface area contributed by atoms with Crippen LogP contribution >= 0.6 is 11.6 Å². The van der Waals surface area contributed by atoms with Crippen molar-refractivity contribution >= 4 is 17.3 Å². The zero-order chi connectivity index (χ0) is 13.8. The molecule has 2 aromatic carbocycles. The van der Waals surface area contributed by atoms with E-state index in [1.807, 2.05) is 0 Å². The van der Waals surface area contributed by atoms with E-state index < -0.39 is 0 Å². The Morgan fingerprint density at radius 2 is 1.79 bits per heavy atom. The summed E-state index contributed by atoms with van der Waals surface area (Å²) in [6.45, 7) is 4.85. The van der Waals surface area contributed by atoms with E-state index in [9.17, 15) is 0 Å². The lowest BCUT2D eigenvalue weighted by Gasteiger charge is -2.10. The van der Waals surface area contributed by atoms with Crippen LogP contribution in [0.3, 0.4) is 0 Å². The molecule has 0 atom stereocenters. The quantitative estimate of drug-likeness (QED) is 0.826. The summed E-state index contributed by atoms with van der Waals surface area (Å²) in [7, 11) is 0. The highest BCUT2D eigenvalue weighted by atomic mass is 35.5. The van der Waals surface area contributed by atoms with Gasteiger partial charge in [-0.25, -0.2) is 0 Å². The van der Waals surface area contributed by atoms with Gasteiger partial charge in [-0.1, -0.05) is 49.7 Å². The van der Waals surface area contributed by atoms with Crippen molar-refractivity contribution < 1.29 is 4.74 Å². The summed E-state index contributed by atoms with van der Waals surface area (Å²) in [5.74, 6) is 1.17. The third-order valence-electron chi connectivity index (χ3n) is 3.02. The highest BCUT2D eigenvalue weighted by Gasteiger charge is 2.03. The van der Waals surface area contributed by atoms with E-state index in [1.54, 1.807) is 18.2 Å². The van der Waals surface area contributed by atoms with Gasteiger partial charge >= 0.3 is 0 Å². The number of halogens is 1. The minimum absolute atomic E-state index is 0.489. The topological polar surface area (TPSA) is 35.2 Å². The van der Waals surface area contributed by atoms with Gasteiger partial charge in [-0.05, 0) is 29.2 Å². The monoisotopic (exact) mass is 275 g/mol. The summed E-state index contributed by atoms with van der Waals surface area (Å²) < 4.78 is 5.69. The van der Waals surface area contributed by atoms with Crippen LogP contribution in [0.5, 0.6) is 5.75 Å². The maximum absolute atomic E-state index is 5.92. The van der Waals surface area contributed by atoms with E-state index in [2.05, 4.69) is 38.1 Å². The first-order chi connectivity index (χ1) is 9.06. The first-order valence-corrected chi connectivity index (χ1v) is 6.70. The van der Waals surface area contributed by atoms with Crippen molar-refractivity contribution in [2.24, 2.45) is 0 Å². The fourth-order valence-electron chi connectivity index (χ4n) is 1.79. The number of benzene rings is 2. The predicted octanol–water partition coefficient (Wildman–Crippen LogP) is 4.62. The fourth-order valence-corrected chi connectivity index (χ4v) is 1.96. The first kappa shape index (κ1) is 13.8. The van der Waals surface area contributed by atoms with Gasteiger partial charge in [0.1, 0.15) is 12.4 Å². The van der Waals surface area contributed by atoms with Crippen LogP contribution in [0.4, 0.5) is 5.69 Å². The summed E-state index contributed by atoms with van der Waals surface area (Å²) in [5, 5.41) is 0.624. The summed E-state index contributed by atoms with van der Waals surface area (Å²) in [6, 6.07) is 13.7. The molecule has 2 nitrogen and oxygen atoms in total. The number of hydrogen-bond acceptors (Lipinski definition) is 2. The second kappa shape index (κ2) is 5.98. The molecule has 0 aliphatic rings. The van der Waals surface area contributed by atoms with Gasteiger partial charge < -0.3 is 10.5 Å². The average Bonchev–Trinajstić information content (AvgIpc) is 2.40. The van der Waals surface area contributed by atoms with Crippen molar-refractivity contribution in [3.05, 3.63) is 58.6 Å². The van der Waals surface area contributed by atoms with Gasteiger partial charge in [0.2, 0.25) is 0 Å². The Labute approximate surface area is 119 Å². The molecular weight excluding hydrogens is 258 g/mol. The maximum atomic E-state index is 5.92. The highest BCUT2D eigenvalue weighted by Crippen LogP contribution is 2.26. The second-order valence-corrected chi connectivity index (χ2v) is 5.30. The molecule has 0 fully saturated rings. The fraction of sp³-hybridized carbons (Fsp3) is 0.250. The molecule has 2 aromatic rings. The normalized spacial score (nSPS) is 10.7. The van der Waals surface area contributed by atoms with Gasteiger partial charge in [0.05, 0.1) is 5.69 Å². The summed E-state index contributed by atoms with van der Waals surface area (Å²) >= 11 is 5.92. The summed E-state index contributed by atoms with van der Waals surface area (Å²) in [5.41, 5.74) is 8.87. The van der Waals surface area contributed by atoms with E-state index in [1.165, 1.54) is 5.56 Å². The third-order valence-corrected chi connectivity index (χ3v) is 3.25. The molecular formula is C16H18ClNO. The van der Waals surface area contributed by atoms with Crippen molar-refractivity contribution in [3.63, 3.8) is 0 Å². The Balaban J connectivity index is 2.04. The van der Waals surface area contributed by atoms with Crippen LogP contribution in [0.1, 0.15) is 30.9 Å². The van der Waals surface area contributed by atoms with Gasteiger partial charge in [-0.15, -0.1) is 0 Å². The Morgan fingerprint density at radius 1 is 1.11 bits per heavy atom. The van der Waals surface area contributed by atoms with Crippen LogP contribution in [-0.4, -0.2) is 0 Å². The minimum atomic E-state index is 0.489. The van der Waals surface area contributed by atoms with E-state index in [0.29, 0.717) is 29.0 Å². The molecule has 2 rings (SSSR count). The van der Waals surface area contributed by atoms with Crippen LogP contribution in [0.2, 0.25) is 5.02 Å². The Hall–Kier alpha value is -1.67. The smallest absolute Gasteiger partial charge is 0.144 e. The molecule has 0 aromatic heterocycles. The number of ether oxygens (including phenoxy) is 1. The molecule has 0 unspecified atom stereocenters. The number of rotatable bonds is 4. The summed E-state index contributed by atoms with van der Waals surface area (Å²) in [6.07, 6.45) is 0. The first-order valence-electron chi connectivity index (χ1n) is 6.33. The van der Waals surface area contributed by atoms with Gasteiger partial charge in [0.25, 0.3) is 0 Å². The number of nitrogen functional groups attached to an aromatic ring is 1. The molecule has 0 spiro atoms. The lowest BCUT2D eigenvalue weighted by atomic mass is 10.0. The van der Waals surface area contributed by atoms with E-state index in [0.717, 1.165) is 5.56 Å². The lowest BCUT2D eigenvalue weighted by Crippen LogP contribution is -1.99. The largest absolute Gasteiger partial charge is 0.487 e. The molecule has 0 saturated carbocycles. The van der Waals surface area contributed by atoms with Gasteiger partial charge in [0.15, 0.2) is 0 Å². The number of anilines is 1. The van der Waals surface area contributed by atoms with Gasteiger partial charge in [0, 0.05) is 11.1 Å². The SMILES string of the molecule is CC(C)c1ccc(COc2cc(Cl)ccc2N)cc1. The van der Waals surface area contributed by atoms with Crippen LogP contribution in [-0.2, 0) is 6.61 Å². The molecule has 0 saturated heterocycles. The molecule has 3 heteroatoms. The molecule has 2 N–H and O–H groups in total. The molecule has 0 aliphatic carbocycles. The van der Waals surface area contributed by atoms with Crippen molar-refractivity contribution in [3.8, 4) is 5.75 Å². The van der Waals surface area contributed by atoms with Crippen molar-refractivity contribution in [1.82, 2.24) is 0 Å². The van der Waals surface area contributed by atoms with E-state index in [4.69, 9.17) is 22.1 Å². The Bertz CT molecular complexity index is 549. The molecule has 0 heterocycles. The number of nitrogens with two attached hydrogens (primary N) is 1. The molecule has 0 amide bonds. The number of hydrogen-bond donors (Lipinski definition) is 1. The molecule has 0 radical (unpaired) electrons. The minimum Gasteiger partial charge on any atom is -0.487 e. The Kier molecular flexibility index (Phi) is 4.33. The predicted molar refractivity (Wildman–Crippen MR) is 80.7 cm³/mol. The lowest BCUT2D eigenvalue weighted by molar-refractivity contribution is 0.308. The van der Waals surface area contributed by atoms with Crippen LogP contribution in [0, 0.1) is 0 Å². The molecule has 19 heavy (non-hydrogen) atoms. The average molecular weight is 276 g/mol. The molecule has 100 valence electrons. The second-order valence-electron chi connectivity index (χ2n) is 4.87. The van der Waals surface area contributed by atoms with Crippen molar-refractivity contribution in [2.45, 2.75) is 26.4 Å². The molecule has 0 bridgehead atoms. The summed E-state index contributed by atoms with van der Waals surface area (Å²) in [4.78, 5) is 0. The highest BCUT2D eigenvalue weighted by molar-refractivity contribution is 6.30. The Morgan fingerprint density at radius 3 is 2.42 bits per heavy atom. The zero-order valence-electron chi connectivity index (χ0n) is 11.2. The third kappa shape index (κ3) is 3.65. The molecule has 0 aliphatic heterocycles. The van der Waals surface area contributed by atoms with E-state index >= 15 is 0 Å². The zero-order valence-corrected chi connectivity index (χ0v) is 11.9. The van der Waals surface area contributed by atoms with Gasteiger partial charge in [-0.3, -0.25) is 0 Å². The van der Waals surface area contributed by atoms with Crippen molar-refractivity contribution in [2.75, 3.05) is 5.73 Å². The van der Waals surface area contributed by atoms with Crippen LogP contribution in [0.15, 0.2) is 42.5 Å². The maximum Gasteiger partial charge on any atom is 0.144 e.